The minimum absolute atomic E-state index is 0.148. The first-order valence-electron chi connectivity index (χ1n) is 7.16. The number of thiazole rings is 1. The highest BCUT2D eigenvalue weighted by atomic mass is 32.1. The number of nitro benzene ring substituents is 1. The number of fused-ring (bicyclic) bond motifs is 1. The SMILES string of the molecule is CC(=O)Nc1nc2ccc(NC(=O)c3cccc([N+](=O)[O-])c3)cc2s1. The van der Waals surface area contributed by atoms with Crippen molar-refractivity contribution < 1.29 is 14.5 Å². The van der Waals surface area contributed by atoms with E-state index in [1.54, 1.807) is 18.2 Å². The molecule has 8 nitrogen and oxygen atoms in total. The van der Waals surface area contributed by atoms with Crippen molar-refractivity contribution in [2.45, 2.75) is 6.92 Å². The van der Waals surface area contributed by atoms with Crippen molar-refractivity contribution in [3.8, 4) is 0 Å². The quantitative estimate of drug-likeness (QED) is 0.549. The first-order valence-corrected chi connectivity index (χ1v) is 7.98. The van der Waals surface area contributed by atoms with E-state index in [4.69, 9.17) is 0 Å². The van der Waals surface area contributed by atoms with E-state index < -0.39 is 10.8 Å². The van der Waals surface area contributed by atoms with Crippen LogP contribution in [0.5, 0.6) is 0 Å². The molecular weight excluding hydrogens is 344 g/mol. The Bertz CT molecular complexity index is 999. The van der Waals surface area contributed by atoms with Crippen molar-refractivity contribution in [3.05, 3.63) is 58.1 Å². The fourth-order valence-electron chi connectivity index (χ4n) is 2.17. The average Bonchev–Trinajstić information content (AvgIpc) is 2.95. The highest BCUT2D eigenvalue weighted by Crippen LogP contribution is 2.28. The zero-order chi connectivity index (χ0) is 18.0. The van der Waals surface area contributed by atoms with Gasteiger partial charge in [-0.3, -0.25) is 19.7 Å². The van der Waals surface area contributed by atoms with Crippen LogP contribution in [0.25, 0.3) is 10.2 Å². The molecule has 0 atom stereocenters. The van der Waals surface area contributed by atoms with E-state index in [0.29, 0.717) is 16.3 Å². The summed E-state index contributed by atoms with van der Waals surface area (Å²) in [5, 5.41) is 16.6. The number of amides is 2. The third-order valence-corrected chi connectivity index (χ3v) is 4.18. The number of hydrogen-bond donors (Lipinski definition) is 2. The van der Waals surface area contributed by atoms with Crippen molar-refractivity contribution in [2.24, 2.45) is 0 Å². The van der Waals surface area contributed by atoms with Gasteiger partial charge in [-0.2, -0.15) is 0 Å². The molecule has 0 unspecified atom stereocenters. The van der Waals surface area contributed by atoms with Crippen molar-refractivity contribution in [2.75, 3.05) is 10.6 Å². The second-order valence-corrected chi connectivity index (χ2v) is 6.17. The van der Waals surface area contributed by atoms with E-state index in [9.17, 15) is 19.7 Å². The van der Waals surface area contributed by atoms with Crippen molar-refractivity contribution in [1.29, 1.82) is 0 Å². The molecule has 0 aliphatic rings. The molecule has 0 aliphatic carbocycles. The fourth-order valence-corrected chi connectivity index (χ4v) is 3.12. The lowest BCUT2D eigenvalue weighted by Gasteiger charge is -2.05. The van der Waals surface area contributed by atoms with Gasteiger partial charge in [-0.05, 0) is 24.3 Å². The van der Waals surface area contributed by atoms with Gasteiger partial charge >= 0.3 is 0 Å². The highest BCUT2D eigenvalue weighted by molar-refractivity contribution is 7.22. The Morgan fingerprint density at radius 2 is 1.96 bits per heavy atom. The van der Waals surface area contributed by atoms with Crippen LogP contribution >= 0.6 is 11.3 Å². The van der Waals surface area contributed by atoms with E-state index in [2.05, 4.69) is 15.6 Å². The van der Waals surface area contributed by atoms with Crippen molar-refractivity contribution >= 4 is 49.9 Å². The molecule has 0 aliphatic heterocycles. The molecule has 0 radical (unpaired) electrons. The van der Waals surface area contributed by atoms with Crippen LogP contribution in [0.15, 0.2) is 42.5 Å². The summed E-state index contributed by atoms with van der Waals surface area (Å²) in [6, 6.07) is 10.6. The molecule has 0 bridgehead atoms. The number of benzene rings is 2. The topological polar surface area (TPSA) is 114 Å². The summed E-state index contributed by atoms with van der Waals surface area (Å²) in [7, 11) is 0. The molecule has 0 saturated carbocycles. The second kappa shape index (κ2) is 6.65. The highest BCUT2D eigenvalue weighted by Gasteiger charge is 2.12. The van der Waals surface area contributed by atoms with Gasteiger partial charge < -0.3 is 10.6 Å². The molecule has 0 spiro atoms. The largest absolute Gasteiger partial charge is 0.322 e. The number of hydrogen-bond acceptors (Lipinski definition) is 6. The molecule has 1 aromatic heterocycles. The summed E-state index contributed by atoms with van der Waals surface area (Å²) >= 11 is 1.29. The standard InChI is InChI=1S/C16H12N4O4S/c1-9(21)17-16-19-13-6-5-11(8-14(13)25-16)18-15(22)10-3-2-4-12(7-10)20(23)24/h2-8H,1H3,(H,18,22)(H,17,19,21). The van der Waals surface area contributed by atoms with Gasteiger partial charge in [0.25, 0.3) is 11.6 Å². The number of nitro groups is 1. The van der Waals surface area contributed by atoms with E-state index >= 15 is 0 Å². The second-order valence-electron chi connectivity index (χ2n) is 5.14. The maximum Gasteiger partial charge on any atom is 0.270 e. The molecular formula is C16H12N4O4S. The van der Waals surface area contributed by atoms with Gasteiger partial charge in [-0.1, -0.05) is 17.4 Å². The Labute approximate surface area is 145 Å². The molecule has 9 heteroatoms. The number of carbonyl (C=O) groups excluding carboxylic acids is 2. The summed E-state index contributed by atoms with van der Waals surface area (Å²) in [6.45, 7) is 1.40. The Kier molecular flexibility index (Phi) is 4.40. The summed E-state index contributed by atoms with van der Waals surface area (Å²) in [4.78, 5) is 37.9. The molecule has 2 N–H and O–H groups in total. The molecule has 0 saturated heterocycles. The number of anilines is 2. The first-order chi connectivity index (χ1) is 11.9. The van der Waals surface area contributed by atoms with Crippen molar-refractivity contribution in [1.82, 2.24) is 4.98 Å². The molecule has 2 amide bonds. The number of aromatic nitrogens is 1. The van der Waals surface area contributed by atoms with E-state index in [-0.39, 0.29) is 17.2 Å². The summed E-state index contributed by atoms with van der Waals surface area (Å²) in [5.74, 6) is -0.659. The number of non-ortho nitro benzene ring substituents is 1. The fraction of sp³-hybridized carbons (Fsp3) is 0.0625. The molecule has 1 heterocycles. The number of rotatable bonds is 4. The van der Waals surface area contributed by atoms with Crippen LogP contribution in [0.2, 0.25) is 0 Å². The van der Waals surface area contributed by atoms with Crippen LogP contribution in [0.4, 0.5) is 16.5 Å². The zero-order valence-corrected chi connectivity index (χ0v) is 13.8. The molecule has 3 aromatic rings. The van der Waals surface area contributed by atoms with E-state index in [0.717, 1.165) is 4.70 Å². The van der Waals surface area contributed by atoms with Gasteiger partial charge in [0, 0.05) is 30.3 Å². The van der Waals surface area contributed by atoms with E-state index in [1.165, 1.54) is 42.5 Å². The van der Waals surface area contributed by atoms with Gasteiger partial charge in [0.2, 0.25) is 5.91 Å². The monoisotopic (exact) mass is 356 g/mol. The average molecular weight is 356 g/mol. The van der Waals surface area contributed by atoms with Crippen LogP contribution < -0.4 is 10.6 Å². The van der Waals surface area contributed by atoms with E-state index in [1.807, 2.05) is 0 Å². The van der Waals surface area contributed by atoms with Crippen LogP contribution in [-0.4, -0.2) is 21.7 Å². The van der Waals surface area contributed by atoms with Gasteiger partial charge in [0.05, 0.1) is 15.1 Å². The lowest BCUT2D eigenvalue weighted by Crippen LogP contribution is -2.11. The maximum atomic E-state index is 12.3. The van der Waals surface area contributed by atoms with Crippen LogP contribution in [0.3, 0.4) is 0 Å². The van der Waals surface area contributed by atoms with Crippen LogP contribution in [-0.2, 0) is 4.79 Å². The van der Waals surface area contributed by atoms with Gasteiger partial charge in [-0.25, -0.2) is 4.98 Å². The first kappa shape index (κ1) is 16.5. The van der Waals surface area contributed by atoms with Crippen LogP contribution in [0, 0.1) is 10.1 Å². The minimum atomic E-state index is -0.552. The summed E-state index contributed by atoms with van der Waals surface area (Å²) in [5.41, 5.74) is 1.27. The lowest BCUT2D eigenvalue weighted by molar-refractivity contribution is -0.384. The predicted molar refractivity (Wildman–Crippen MR) is 95.0 cm³/mol. The third kappa shape index (κ3) is 3.78. The van der Waals surface area contributed by atoms with Crippen LogP contribution in [0.1, 0.15) is 17.3 Å². The number of nitrogens with zero attached hydrogens (tertiary/aromatic N) is 2. The maximum absolute atomic E-state index is 12.3. The predicted octanol–water partition coefficient (Wildman–Crippen LogP) is 3.42. The molecule has 25 heavy (non-hydrogen) atoms. The Morgan fingerprint density at radius 3 is 2.68 bits per heavy atom. The van der Waals surface area contributed by atoms with Gasteiger partial charge in [0.1, 0.15) is 0 Å². The molecule has 2 aromatic carbocycles. The Balaban J connectivity index is 1.82. The number of carbonyl (C=O) groups is 2. The normalized spacial score (nSPS) is 10.4. The third-order valence-electron chi connectivity index (χ3n) is 3.25. The zero-order valence-electron chi connectivity index (χ0n) is 13.0. The Morgan fingerprint density at radius 1 is 1.16 bits per heavy atom. The van der Waals surface area contributed by atoms with Gasteiger partial charge in [0.15, 0.2) is 5.13 Å². The number of nitrogens with one attached hydrogen (secondary N) is 2. The van der Waals surface area contributed by atoms with Crippen molar-refractivity contribution in [3.63, 3.8) is 0 Å². The van der Waals surface area contributed by atoms with Gasteiger partial charge in [-0.15, -0.1) is 0 Å². The molecule has 126 valence electrons. The lowest BCUT2D eigenvalue weighted by atomic mass is 10.2. The Hall–Kier alpha value is -3.33. The minimum Gasteiger partial charge on any atom is -0.322 e. The summed E-state index contributed by atoms with van der Waals surface area (Å²) < 4.78 is 0.792. The molecule has 3 rings (SSSR count). The molecule has 0 fully saturated rings. The summed E-state index contributed by atoms with van der Waals surface area (Å²) in [6.07, 6.45) is 0. The smallest absolute Gasteiger partial charge is 0.270 e.